The molecule has 2 aromatic rings. The standard InChI is InChI=1S/C7H7.C4H3N2O.Y/c1-7-5-3-2-4-6-7;7-4-3-5-1-2-6-4;/h2-6H,1H2;1-2H,(H,6,7);/q2*-1;. The van der Waals surface area contributed by atoms with Gasteiger partial charge in [0.25, 0.3) is 0 Å². The van der Waals surface area contributed by atoms with E-state index in [0.717, 1.165) is 5.56 Å². The zero-order valence-electron chi connectivity index (χ0n) is 8.18. The summed E-state index contributed by atoms with van der Waals surface area (Å²) in [7, 11) is 0. The smallest absolute Gasteiger partial charge is 0.173 e. The first-order chi connectivity index (χ1) is 6.79. The van der Waals surface area contributed by atoms with E-state index in [-0.39, 0.29) is 38.3 Å². The number of benzene rings is 1. The molecular weight excluding hydrogens is 265 g/mol. The van der Waals surface area contributed by atoms with Gasteiger partial charge in [0.1, 0.15) is 0 Å². The van der Waals surface area contributed by atoms with Crippen LogP contribution in [0.5, 0.6) is 0 Å². The van der Waals surface area contributed by atoms with Crippen molar-refractivity contribution in [2.45, 2.75) is 0 Å². The molecule has 0 aliphatic heterocycles. The van der Waals surface area contributed by atoms with Gasteiger partial charge in [-0.2, -0.15) is 24.6 Å². The summed E-state index contributed by atoms with van der Waals surface area (Å²) in [5, 5.41) is 0. The number of hydrogen-bond acceptors (Lipinski definition) is 2. The van der Waals surface area contributed by atoms with Gasteiger partial charge < -0.3 is 9.97 Å². The molecule has 4 heteroatoms. The first kappa shape index (κ1) is 14.1. The Morgan fingerprint density at radius 1 is 1.27 bits per heavy atom. The van der Waals surface area contributed by atoms with E-state index in [0.29, 0.717) is 0 Å². The summed E-state index contributed by atoms with van der Waals surface area (Å²) in [6, 6.07) is 9.87. The molecular formula is C11H10N2OY-2. The van der Waals surface area contributed by atoms with Crippen LogP contribution in [0.25, 0.3) is 0 Å². The van der Waals surface area contributed by atoms with Gasteiger partial charge in [-0.25, -0.2) is 0 Å². The normalized spacial score (nSPS) is 8.00. The maximum Gasteiger partial charge on any atom is 0.173 e. The second-order valence-electron chi connectivity index (χ2n) is 2.52. The molecule has 0 atom stereocenters. The van der Waals surface area contributed by atoms with Crippen molar-refractivity contribution in [3.8, 4) is 0 Å². The van der Waals surface area contributed by atoms with Crippen LogP contribution in [0.2, 0.25) is 0 Å². The summed E-state index contributed by atoms with van der Waals surface area (Å²) in [4.78, 5) is 15.9. The summed E-state index contributed by atoms with van der Waals surface area (Å²) in [5.74, 6) is 0. The Balaban J connectivity index is 0.000000245. The van der Waals surface area contributed by atoms with Crippen molar-refractivity contribution in [1.82, 2.24) is 9.97 Å². The SMILES string of the molecule is O=c1[c-]ncc[nH]1.[CH2-]c1ccccc1.[Y]. The van der Waals surface area contributed by atoms with Crippen LogP contribution in [0.15, 0.2) is 47.5 Å². The molecule has 0 bridgehead atoms. The van der Waals surface area contributed by atoms with Crippen LogP contribution in [0.1, 0.15) is 5.56 Å². The average molecular weight is 275 g/mol. The van der Waals surface area contributed by atoms with E-state index < -0.39 is 0 Å². The fourth-order valence-electron chi connectivity index (χ4n) is 0.756. The van der Waals surface area contributed by atoms with E-state index in [1.54, 1.807) is 0 Å². The minimum absolute atomic E-state index is 0. The summed E-state index contributed by atoms with van der Waals surface area (Å²) < 4.78 is 0. The second-order valence-corrected chi connectivity index (χ2v) is 2.52. The van der Waals surface area contributed by atoms with Crippen LogP contribution in [0.3, 0.4) is 0 Å². The molecule has 1 N–H and O–H groups in total. The van der Waals surface area contributed by atoms with Crippen molar-refractivity contribution in [2.24, 2.45) is 0 Å². The Hall–Kier alpha value is -0.926. The molecule has 0 saturated heterocycles. The monoisotopic (exact) mass is 275 g/mol. The van der Waals surface area contributed by atoms with Gasteiger partial charge in [-0.1, -0.05) is 18.5 Å². The van der Waals surface area contributed by atoms with Gasteiger partial charge in [0, 0.05) is 32.7 Å². The van der Waals surface area contributed by atoms with E-state index in [2.05, 4.69) is 23.1 Å². The number of aromatic nitrogens is 2. The average Bonchev–Trinajstić information content (AvgIpc) is 2.21. The third-order valence-corrected chi connectivity index (χ3v) is 1.37. The predicted octanol–water partition coefficient (Wildman–Crippen LogP) is 1.44. The van der Waals surface area contributed by atoms with E-state index in [9.17, 15) is 4.79 Å². The molecule has 1 aromatic carbocycles. The van der Waals surface area contributed by atoms with Gasteiger partial charge in [-0.15, -0.1) is 18.3 Å². The van der Waals surface area contributed by atoms with Crippen LogP contribution in [-0.4, -0.2) is 9.97 Å². The van der Waals surface area contributed by atoms with Crippen LogP contribution in [0.4, 0.5) is 0 Å². The third kappa shape index (κ3) is 7.06. The van der Waals surface area contributed by atoms with Crippen LogP contribution < -0.4 is 5.56 Å². The van der Waals surface area contributed by atoms with Crippen molar-refractivity contribution in [1.29, 1.82) is 0 Å². The van der Waals surface area contributed by atoms with Crippen molar-refractivity contribution < 1.29 is 32.7 Å². The van der Waals surface area contributed by atoms with Gasteiger partial charge >= 0.3 is 0 Å². The molecule has 3 nitrogen and oxygen atoms in total. The van der Waals surface area contributed by atoms with Crippen LogP contribution in [0, 0.1) is 13.1 Å². The van der Waals surface area contributed by atoms with Crippen LogP contribution >= 0.6 is 0 Å². The second kappa shape index (κ2) is 8.39. The van der Waals surface area contributed by atoms with E-state index >= 15 is 0 Å². The molecule has 75 valence electrons. The predicted molar refractivity (Wildman–Crippen MR) is 54.6 cm³/mol. The Bertz CT molecular complexity index is 397. The molecule has 2 rings (SSSR count). The maximum absolute atomic E-state index is 10.1. The van der Waals surface area contributed by atoms with Gasteiger partial charge in [0.15, 0.2) is 5.56 Å². The number of nitrogens with one attached hydrogen (secondary N) is 1. The maximum atomic E-state index is 10.1. The molecule has 1 aromatic heterocycles. The molecule has 0 unspecified atom stereocenters. The molecule has 0 aliphatic rings. The van der Waals surface area contributed by atoms with Gasteiger partial charge in [0.05, 0.1) is 0 Å². The Labute approximate surface area is 114 Å². The molecule has 0 fully saturated rings. The molecule has 15 heavy (non-hydrogen) atoms. The number of H-pyrrole nitrogens is 1. The number of rotatable bonds is 0. The number of nitrogens with zero attached hydrogens (tertiary/aromatic N) is 1. The van der Waals surface area contributed by atoms with Crippen molar-refractivity contribution >= 4 is 0 Å². The molecule has 0 saturated carbocycles. The topological polar surface area (TPSA) is 45.8 Å². The first-order valence-corrected chi connectivity index (χ1v) is 4.07. The fraction of sp³-hybridized carbons (Fsp3) is 0. The summed E-state index contributed by atoms with van der Waals surface area (Å²) in [5.41, 5.74) is 0.782. The van der Waals surface area contributed by atoms with Crippen molar-refractivity contribution in [2.75, 3.05) is 0 Å². The van der Waals surface area contributed by atoms with Crippen molar-refractivity contribution in [3.63, 3.8) is 0 Å². The van der Waals surface area contributed by atoms with Gasteiger partial charge in [0.2, 0.25) is 0 Å². The van der Waals surface area contributed by atoms with E-state index in [1.165, 1.54) is 12.4 Å². The zero-order valence-corrected chi connectivity index (χ0v) is 11.0. The minimum Gasteiger partial charge on any atom is -0.452 e. The molecule has 0 spiro atoms. The summed E-state index contributed by atoms with van der Waals surface area (Å²) in [6.45, 7) is 3.72. The fourth-order valence-corrected chi connectivity index (χ4v) is 0.756. The number of hydrogen-bond donors (Lipinski definition) is 1. The molecule has 0 aliphatic carbocycles. The van der Waals surface area contributed by atoms with Crippen LogP contribution in [-0.2, 0) is 32.7 Å². The summed E-state index contributed by atoms with van der Waals surface area (Å²) in [6.07, 6.45) is 5.09. The van der Waals surface area contributed by atoms with Gasteiger partial charge in [-0.3, -0.25) is 4.79 Å². The largest absolute Gasteiger partial charge is 0.452 e. The third-order valence-electron chi connectivity index (χ3n) is 1.37. The molecule has 1 heterocycles. The quantitative estimate of drug-likeness (QED) is 0.739. The minimum atomic E-state index is -0.289. The number of aromatic amines is 1. The zero-order chi connectivity index (χ0) is 10.2. The van der Waals surface area contributed by atoms with E-state index in [1.807, 2.05) is 30.3 Å². The van der Waals surface area contributed by atoms with Gasteiger partial charge in [-0.05, 0) is 0 Å². The van der Waals surface area contributed by atoms with E-state index in [4.69, 9.17) is 0 Å². The summed E-state index contributed by atoms with van der Waals surface area (Å²) >= 11 is 0. The Morgan fingerprint density at radius 3 is 2.20 bits per heavy atom. The molecule has 0 amide bonds. The Morgan fingerprint density at radius 2 is 1.93 bits per heavy atom. The molecule has 1 radical (unpaired) electrons. The first-order valence-electron chi connectivity index (χ1n) is 4.07. The Kier molecular flexibility index (Phi) is 7.87. The van der Waals surface area contributed by atoms with Crippen molar-refractivity contribution in [3.05, 3.63) is 71.8 Å².